The van der Waals surface area contributed by atoms with Crippen molar-refractivity contribution >= 4 is 0 Å². The van der Waals surface area contributed by atoms with Crippen molar-refractivity contribution in [2.24, 2.45) is 5.73 Å². The average Bonchev–Trinajstić information content (AvgIpc) is 2.86. The highest BCUT2D eigenvalue weighted by molar-refractivity contribution is 5.09. The van der Waals surface area contributed by atoms with E-state index >= 15 is 0 Å². The summed E-state index contributed by atoms with van der Waals surface area (Å²) in [7, 11) is 0. The van der Waals surface area contributed by atoms with Gasteiger partial charge in [-0.3, -0.25) is 14.3 Å². The monoisotopic (exact) mass is 267 g/mol. The van der Waals surface area contributed by atoms with E-state index in [1.165, 1.54) is 17.0 Å². The first-order valence-corrected chi connectivity index (χ1v) is 6.13. The fourth-order valence-electron chi connectivity index (χ4n) is 2.11. The molecule has 0 aliphatic carbocycles. The summed E-state index contributed by atoms with van der Waals surface area (Å²) in [6, 6.07) is 0. The number of aliphatic hydroxyl groups is 1. The predicted molar refractivity (Wildman–Crippen MR) is 68.6 cm³/mol. The Hall–Kier alpha value is -1.86. The van der Waals surface area contributed by atoms with Gasteiger partial charge in [-0.05, 0) is 25.5 Å². The van der Waals surface area contributed by atoms with Crippen LogP contribution in [-0.2, 0) is 11.2 Å². The van der Waals surface area contributed by atoms with E-state index in [2.05, 4.69) is 4.98 Å². The van der Waals surface area contributed by atoms with Crippen LogP contribution in [0.25, 0.3) is 0 Å². The topological polar surface area (TPSA) is 110 Å². The van der Waals surface area contributed by atoms with Crippen LogP contribution >= 0.6 is 0 Å². The minimum Gasteiger partial charge on any atom is -0.405 e. The van der Waals surface area contributed by atoms with E-state index in [0.29, 0.717) is 24.8 Å². The summed E-state index contributed by atoms with van der Waals surface area (Å²) in [5, 5.41) is 9.02. The molecule has 0 radical (unpaired) electrons. The van der Waals surface area contributed by atoms with Crippen molar-refractivity contribution in [3.05, 3.63) is 44.9 Å². The molecule has 1 aromatic heterocycles. The maximum Gasteiger partial charge on any atom is 0.330 e. The molecule has 0 spiro atoms. The van der Waals surface area contributed by atoms with Crippen molar-refractivity contribution in [1.82, 2.24) is 9.55 Å². The van der Waals surface area contributed by atoms with Crippen molar-refractivity contribution in [1.29, 1.82) is 0 Å². The average molecular weight is 267 g/mol. The third-order valence-electron chi connectivity index (χ3n) is 3.11. The third-order valence-corrected chi connectivity index (χ3v) is 3.11. The minimum absolute atomic E-state index is 0.0721. The quantitative estimate of drug-likeness (QED) is 0.663. The summed E-state index contributed by atoms with van der Waals surface area (Å²) in [4.78, 5) is 25.6. The van der Waals surface area contributed by atoms with Gasteiger partial charge in [0.2, 0.25) is 0 Å². The van der Waals surface area contributed by atoms with Gasteiger partial charge in [0.1, 0.15) is 6.23 Å². The zero-order chi connectivity index (χ0) is 13.8. The molecule has 0 unspecified atom stereocenters. The Kier molecular flexibility index (Phi) is 4.18. The number of nitrogens with one attached hydrogen (secondary N) is 1. The first kappa shape index (κ1) is 13.6. The van der Waals surface area contributed by atoms with E-state index in [1.807, 2.05) is 0 Å². The van der Waals surface area contributed by atoms with Crippen molar-refractivity contribution in [2.45, 2.75) is 31.6 Å². The molecule has 1 saturated heterocycles. The number of ether oxygens (including phenoxy) is 1. The van der Waals surface area contributed by atoms with Gasteiger partial charge in [0.05, 0.1) is 12.7 Å². The van der Waals surface area contributed by atoms with Crippen molar-refractivity contribution in [2.75, 3.05) is 6.61 Å². The molecule has 19 heavy (non-hydrogen) atoms. The summed E-state index contributed by atoms with van der Waals surface area (Å²) in [6.45, 7) is -0.0721. The van der Waals surface area contributed by atoms with E-state index < -0.39 is 17.5 Å². The highest BCUT2D eigenvalue weighted by Crippen LogP contribution is 2.26. The molecule has 1 aliphatic heterocycles. The summed E-state index contributed by atoms with van der Waals surface area (Å²) in [6.07, 6.45) is 5.44. The zero-order valence-electron chi connectivity index (χ0n) is 10.4. The lowest BCUT2D eigenvalue weighted by molar-refractivity contribution is -0.0247. The maximum atomic E-state index is 11.8. The third kappa shape index (κ3) is 2.94. The molecule has 0 saturated carbocycles. The van der Waals surface area contributed by atoms with Gasteiger partial charge in [-0.1, -0.05) is 6.08 Å². The van der Waals surface area contributed by atoms with Crippen molar-refractivity contribution in [3.8, 4) is 0 Å². The van der Waals surface area contributed by atoms with Crippen LogP contribution in [0.5, 0.6) is 0 Å². The van der Waals surface area contributed by atoms with E-state index in [-0.39, 0.29) is 12.7 Å². The van der Waals surface area contributed by atoms with Crippen molar-refractivity contribution in [3.63, 3.8) is 0 Å². The Morgan fingerprint density at radius 2 is 2.32 bits per heavy atom. The molecule has 104 valence electrons. The van der Waals surface area contributed by atoms with Crippen LogP contribution in [0.3, 0.4) is 0 Å². The van der Waals surface area contributed by atoms with Crippen LogP contribution < -0.4 is 17.0 Å². The number of aromatic amines is 1. The number of rotatable bonds is 4. The summed E-state index contributed by atoms with van der Waals surface area (Å²) in [5.74, 6) is 0. The first-order chi connectivity index (χ1) is 9.15. The van der Waals surface area contributed by atoms with Crippen LogP contribution in [0.15, 0.2) is 28.1 Å². The second-order valence-electron chi connectivity index (χ2n) is 4.43. The van der Waals surface area contributed by atoms with Gasteiger partial charge >= 0.3 is 5.69 Å². The van der Waals surface area contributed by atoms with Gasteiger partial charge in [-0.15, -0.1) is 0 Å². The second kappa shape index (κ2) is 5.85. The normalized spacial score (nSPS) is 23.2. The maximum absolute atomic E-state index is 11.8. The summed E-state index contributed by atoms with van der Waals surface area (Å²) in [5.41, 5.74) is 4.76. The van der Waals surface area contributed by atoms with Crippen LogP contribution in [0, 0.1) is 0 Å². The van der Waals surface area contributed by atoms with E-state index in [0.717, 1.165) is 0 Å². The molecule has 1 fully saturated rings. The molecule has 2 rings (SSSR count). The van der Waals surface area contributed by atoms with Gasteiger partial charge in [0, 0.05) is 11.8 Å². The molecule has 2 atom stereocenters. The number of aliphatic hydroxyl groups excluding tert-OH is 1. The van der Waals surface area contributed by atoms with Gasteiger partial charge < -0.3 is 15.6 Å². The number of nitrogens with two attached hydrogens (primary N) is 1. The second-order valence-corrected chi connectivity index (χ2v) is 4.43. The molecule has 7 nitrogen and oxygen atoms in total. The minimum atomic E-state index is -0.505. The van der Waals surface area contributed by atoms with Gasteiger partial charge in [0.15, 0.2) is 0 Å². The highest BCUT2D eigenvalue weighted by Gasteiger charge is 2.26. The van der Waals surface area contributed by atoms with Gasteiger partial charge in [0.25, 0.3) is 5.56 Å². The van der Waals surface area contributed by atoms with Crippen LogP contribution in [0.2, 0.25) is 0 Å². The number of H-pyrrole nitrogens is 1. The van der Waals surface area contributed by atoms with E-state index in [1.54, 1.807) is 6.08 Å². The molecular formula is C12H17N3O4. The molecule has 0 aromatic carbocycles. The highest BCUT2D eigenvalue weighted by atomic mass is 16.5. The molecule has 7 heteroatoms. The Bertz CT molecular complexity index is 575. The van der Waals surface area contributed by atoms with E-state index in [9.17, 15) is 9.59 Å². The Labute approximate surface area is 109 Å². The predicted octanol–water partition coefficient (Wildman–Crippen LogP) is -0.779. The summed E-state index contributed by atoms with van der Waals surface area (Å²) < 4.78 is 6.88. The SMILES string of the molecule is NC=CCc1cn([C@@H]2CC[C@H](CO)O2)c(=O)[nH]c1=O. The molecule has 2 heterocycles. The molecule has 1 aromatic rings. The smallest absolute Gasteiger partial charge is 0.330 e. The number of hydrogen-bond donors (Lipinski definition) is 3. The Morgan fingerprint density at radius 1 is 1.53 bits per heavy atom. The lowest BCUT2D eigenvalue weighted by Gasteiger charge is -2.15. The molecule has 0 bridgehead atoms. The molecule has 4 N–H and O–H groups in total. The lowest BCUT2D eigenvalue weighted by Crippen LogP contribution is -2.34. The number of allylic oxidation sites excluding steroid dienone is 1. The van der Waals surface area contributed by atoms with Crippen molar-refractivity contribution < 1.29 is 9.84 Å². The standard InChI is InChI=1S/C12H17N3O4/c13-5-1-2-8-6-15(12(18)14-11(8)17)10-4-3-9(7-16)19-10/h1,5-6,9-10,16H,2-4,7,13H2,(H,14,17,18)/t9-,10+/m1/s1. The van der Waals surface area contributed by atoms with Crippen LogP contribution in [0.4, 0.5) is 0 Å². The fraction of sp³-hybridized carbons (Fsp3) is 0.500. The Morgan fingerprint density at radius 3 is 2.95 bits per heavy atom. The zero-order valence-corrected chi connectivity index (χ0v) is 10.4. The summed E-state index contributed by atoms with van der Waals surface area (Å²) >= 11 is 0. The fourth-order valence-corrected chi connectivity index (χ4v) is 2.11. The Balaban J connectivity index is 2.30. The number of nitrogens with zero attached hydrogens (tertiary/aromatic N) is 1. The molecule has 1 aliphatic rings. The molecule has 0 amide bonds. The van der Waals surface area contributed by atoms with Crippen LogP contribution in [0.1, 0.15) is 24.6 Å². The van der Waals surface area contributed by atoms with Crippen LogP contribution in [-0.4, -0.2) is 27.4 Å². The largest absolute Gasteiger partial charge is 0.405 e. The number of aromatic nitrogens is 2. The lowest BCUT2D eigenvalue weighted by atomic mass is 10.2. The number of hydrogen-bond acceptors (Lipinski definition) is 5. The van der Waals surface area contributed by atoms with Gasteiger partial charge in [-0.25, -0.2) is 4.79 Å². The molecular weight excluding hydrogens is 250 g/mol. The van der Waals surface area contributed by atoms with E-state index in [4.69, 9.17) is 15.6 Å². The van der Waals surface area contributed by atoms with Gasteiger partial charge in [-0.2, -0.15) is 0 Å². The first-order valence-electron chi connectivity index (χ1n) is 6.13.